The quantitative estimate of drug-likeness (QED) is 0.519. The van der Waals surface area contributed by atoms with Crippen molar-refractivity contribution in [2.45, 2.75) is 19.3 Å². The van der Waals surface area contributed by atoms with Crippen molar-refractivity contribution in [1.82, 2.24) is 0 Å². The van der Waals surface area contributed by atoms with E-state index in [2.05, 4.69) is 0 Å². The van der Waals surface area contributed by atoms with Gasteiger partial charge in [-0.15, -0.1) is 0 Å². The predicted octanol–water partition coefficient (Wildman–Crippen LogP) is 2.73. The molecule has 0 saturated heterocycles. The Labute approximate surface area is 59.6 Å². The van der Waals surface area contributed by atoms with Gasteiger partial charge in [0.2, 0.25) is 0 Å². The lowest BCUT2D eigenvalue weighted by Crippen LogP contribution is -1.90. The molecule has 1 aliphatic carbocycles. The first-order chi connectivity index (χ1) is 4.34. The fourth-order valence-corrected chi connectivity index (χ4v) is 1.15. The molecule has 0 unspecified atom stereocenters. The Bertz CT molecular complexity index is 158. The van der Waals surface area contributed by atoms with E-state index in [-0.39, 0.29) is 0 Å². The van der Waals surface area contributed by atoms with Gasteiger partial charge in [-0.25, -0.2) is 0 Å². The molecule has 0 aliphatic heterocycles. The molecule has 0 aromatic rings. The highest BCUT2D eigenvalue weighted by Crippen LogP contribution is 2.25. The second kappa shape index (κ2) is 2.92. The van der Waals surface area contributed by atoms with Gasteiger partial charge in [-0.3, -0.25) is 0 Å². The van der Waals surface area contributed by atoms with Crippen LogP contribution < -0.4 is 0 Å². The van der Waals surface area contributed by atoms with E-state index in [1.807, 2.05) is 6.08 Å². The molecule has 0 atom stereocenters. The normalized spacial score (nSPS) is 24.1. The maximum Gasteiger partial charge on any atom is 0.0838 e. The van der Waals surface area contributed by atoms with E-state index >= 15 is 0 Å². The van der Waals surface area contributed by atoms with Gasteiger partial charge in [0.1, 0.15) is 0 Å². The zero-order chi connectivity index (χ0) is 6.69. The van der Waals surface area contributed by atoms with Crippen molar-refractivity contribution in [2.24, 2.45) is 0 Å². The Morgan fingerprint density at radius 3 is 2.89 bits per heavy atom. The van der Waals surface area contributed by atoms with Crippen molar-refractivity contribution >= 4 is 11.6 Å². The molecule has 1 N–H and O–H groups in total. The molecule has 1 aliphatic rings. The Morgan fingerprint density at radius 1 is 1.67 bits per heavy atom. The fourth-order valence-electron chi connectivity index (χ4n) is 0.898. The third-order valence-electron chi connectivity index (χ3n) is 1.44. The highest BCUT2D eigenvalue weighted by Gasteiger charge is 2.06. The van der Waals surface area contributed by atoms with Gasteiger partial charge in [-0.1, -0.05) is 17.7 Å². The summed E-state index contributed by atoms with van der Waals surface area (Å²) in [6.45, 7) is 0. The highest BCUT2D eigenvalue weighted by atomic mass is 35.5. The molecule has 50 valence electrons. The van der Waals surface area contributed by atoms with Gasteiger partial charge in [0.05, 0.1) is 6.26 Å². The first kappa shape index (κ1) is 6.69. The summed E-state index contributed by atoms with van der Waals surface area (Å²) in [6, 6.07) is 0. The molecule has 0 amide bonds. The van der Waals surface area contributed by atoms with Crippen LogP contribution in [0.25, 0.3) is 0 Å². The molecule has 1 rings (SSSR count). The Kier molecular flexibility index (Phi) is 2.17. The third kappa shape index (κ3) is 1.49. The summed E-state index contributed by atoms with van der Waals surface area (Å²) in [5.41, 5.74) is 0.864. The number of aliphatic hydroxyl groups is 1. The monoisotopic (exact) mass is 144 g/mol. The van der Waals surface area contributed by atoms with E-state index in [4.69, 9.17) is 16.7 Å². The maximum atomic E-state index is 8.57. The average Bonchev–Trinajstić information content (AvgIpc) is 1.89. The lowest BCUT2D eigenvalue weighted by Gasteiger charge is -2.08. The maximum absolute atomic E-state index is 8.57. The largest absolute Gasteiger partial charge is 0.515 e. The topological polar surface area (TPSA) is 20.2 Å². The smallest absolute Gasteiger partial charge is 0.0838 e. The lowest BCUT2D eigenvalue weighted by molar-refractivity contribution is 0.465. The minimum absolute atomic E-state index is 0.712. The number of halogens is 1. The molecule has 0 radical (unpaired) electrons. The van der Waals surface area contributed by atoms with Crippen molar-refractivity contribution in [1.29, 1.82) is 0 Å². The minimum Gasteiger partial charge on any atom is -0.515 e. The van der Waals surface area contributed by atoms with Gasteiger partial charge in [-0.05, 0) is 19.3 Å². The molecule has 0 fully saturated rings. The van der Waals surface area contributed by atoms with Crippen LogP contribution in [-0.4, -0.2) is 5.11 Å². The molecule has 0 aromatic heterocycles. The summed E-state index contributed by atoms with van der Waals surface area (Å²) in [6.07, 6.45) is 6.08. The van der Waals surface area contributed by atoms with Crippen LogP contribution in [0.3, 0.4) is 0 Å². The van der Waals surface area contributed by atoms with Crippen molar-refractivity contribution in [3.63, 3.8) is 0 Å². The van der Waals surface area contributed by atoms with E-state index in [9.17, 15) is 0 Å². The molecule has 0 saturated carbocycles. The summed E-state index contributed by atoms with van der Waals surface area (Å²) in [5.74, 6) is 0. The second-order valence-electron chi connectivity index (χ2n) is 2.10. The molecule has 2 heteroatoms. The summed E-state index contributed by atoms with van der Waals surface area (Å²) in [5, 5.41) is 9.29. The van der Waals surface area contributed by atoms with Crippen LogP contribution in [0.1, 0.15) is 19.3 Å². The van der Waals surface area contributed by atoms with E-state index < -0.39 is 0 Å². The summed E-state index contributed by atoms with van der Waals surface area (Å²) < 4.78 is 0. The van der Waals surface area contributed by atoms with E-state index in [0.29, 0.717) is 5.03 Å². The number of allylic oxidation sites excluding steroid dienone is 3. The number of rotatable bonds is 0. The van der Waals surface area contributed by atoms with Gasteiger partial charge in [-0.2, -0.15) is 0 Å². The first-order valence-electron chi connectivity index (χ1n) is 3.04. The molecule has 0 aromatic carbocycles. The van der Waals surface area contributed by atoms with Gasteiger partial charge in [0, 0.05) is 10.6 Å². The Morgan fingerprint density at radius 2 is 2.44 bits per heavy atom. The number of hydrogen-bond donors (Lipinski definition) is 1. The average molecular weight is 145 g/mol. The first-order valence-corrected chi connectivity index (χ1v) is 3.41. The fraction of sp³-hybridized carbons (Fsp3) is 0.429. The van der Waals surface area contributed by atoms with Crippen LogP contribution in [-0.2, 0) is 0 Å². The lowest BCUT2D eigenvalue weighted by atomic mass is 10.0. The van der Waals surface area contributed by atoms with Gasteiger partial charge < -0.3 is 5.11 Å². The molecule has 0 heterocycles. The summed E-state index contributed by atoms with van der Waals surface area (Å²) in [7, 11) is 0. The summed E-state index contributed by atoms with van der Waals surface area (Å²) >= 11 is 5.72. The van der Waals surface area contributed by atoms with E-state index in [0.717, 1.165) is 31.1 Å². The highest BCUT2D eigenvalue weighted by molar-refractivity contribution is 6.32. The Balaban J connectivity index is 2.73. The minimum atomic E-state index is 0.712. The van der Waals surface area contributed by atoms with Crippen LogP contribution in [0.15, 0.2) is 22.9 Å². The van der Waals surface area contributed by atoms with E-state index in [1.54, 1.807) is 0 Å². The van der Waals surface area contributed by atoms with Crippen LogP contribution in [0.4, 0.5) is 0 Å². The van der Waals surface area contributed by atoms with Gasteiger partial charge in [0.15, 0.2) is 0 Å². The van der Waals surface area contributed by atoms with Gasteiger partial charge in [0.25, 0.3) is 0 Å². The molecular weight excluding hydrogens is 136 g/mol. The van der Waals surface area contributed by atoms with Crippen LogP contribution in [0, 0.1) is 0 Å². The molecular formula is C7H9ClO. The molecule has 1 nitrogen and oxygen atoms in total. The third-order valence-corrected chi connectivity index (χ3v) is 1.83. The summed E-state index contributed by atoms with van der Waals surface area (Å²) in [4.78, 5) is 0. The number of hydrogen-bond acceptors (Lipinski definition) is 1. The number of aliphatic hydroxyl groups excluding tert-OH is 1. The molecule has 0 bridgehead atoms. The van der Waals surface area contributed by atoms with Crippen molar-refractivity contribution in [3.05, 3.63) is 22.9 Å². The van der Waals surface area contributed by atoms with Gasteiger partial charge >= 0.3 is 0 Å². The van der Waals surface area contributed by atoms with Crippen molar-refractivity contribution in [3.8, 4) is 0 Å². The standard InChI is InChI=1S/C7H9ClO/c8-7-4-2-1-3-6(7)5-9/h4-5,9H,1-3H2/b6-5-. The molecule has 0 spiro atoms. The SMILES string of the molecule is O/C=C1/CCCC=C1Cl. The zero-order valence-corrected chi connectivity index (χ0v) is 5.86. The predicted molar refractivity (Wildman–Crippen MR) is 38.5 cm³/mol. The van der Waals surface area contributed by atoms with E-state index in [1.165, 1.54) is 0 Å². The Hall–Kier alpha value is -0.430. The van der Waals surface area contributed by atoms with Crippen LogP contribution in [0.5, 0.6) is 0 Å². The van der Waals surface area contributed by atoms with Crippen molar-refractivity contribution < 1.29 is 5.11 Å². The second-order valence-corrected chi connectivity index (χ2v) is 2.51. The zero-order valence-electron chi connectivity index (χ0n) is 5.10. The molecule has 9 heavy (non-hydrogen) atoms. The van der Waals surface area contributed by atoms with Crippen molar-refractivity contribution in [2.75, 3.05) is 0 Å². The van der Waals surface area contributed by atoms with Crippen LogP contribution >= 0.6 is 11.6 Å². The van der Waals surface area contributed by atoms with Crippen LogP contribution in [0.2, 0.25) is 0 Å².